The van der Waals surface area contributed by atoms with Crippen molar-refractivity contribution in [2.24, 2.45) is 0 Å². The summed E-state index contributed by atoms with van der Waals surface area (Å²) in [4.78, 5) is 31.5. The van der Waals surface area contributed by atoms with Gasteiger partial charge in [0.2, 0.25) is 11.7 Å². The molecule has 0 radical (unpaired) electrons. The van der Waals surface area contributed by atoms with Gasteiger partial charge in [-0.1, -0.05) is 47.6 Å². The Balaban J connectivity index is 1.35. The SMILES string of the molecule is Cc1nc(-c2cccc(NC(=O)C(Nc3ccc(N4CCOCC4=O)cc3)c3ccccc3)c2)no1. The van der Waals surface area contributed by atoms with Gasteiger partial charge in [-0.3, -0.25) is 9.59 Å². The molecule has 1 saturated heterocycles. The fourth-order valence-electron chi connectivity index (χ4n) is 4.01. The molecule has 182 valence electrons. The highest BCUT2D eigenvalue weighted by Gasteiger charge is 2.23. The molecule has 2 heterocycles. The lowest BCUT2D eigenvalue weighted by Gasteiger charge is -2.27. The number of nitrogens with zero attached hydrogens (tertiary/aromatic N) is 3. The van der Waals surface area contributed by atoms with Crippen molar-refractivity contribution >= 4 is 28.9 Å². The van der Waals surface area contributed by atoms with E-state index in [-0.39, 0.29) is 18.4 Å². The largest absolute Gasteiger partial charge is 0.370 e. The maximum absolute atomic E-state index is 13.4. The maximum atomic E-state index is 13.4. The lowest BCUT2D eigenvalue weighted by molar-refractivity contribution is -0.125. The van der Waals surface area contributed by atoms with Gasteiger partial charge in [-0.2, -0.15) is 4.98 Å². The first kappa shape index (κ1) is 23.3. The summed E-state index contributed by atoms with van der Waals surface area (Å²) >= 11 is 0. The first-order valence-electron chi connectivity index (χ1n) is 11.6. The second kappa shape index (κ2) is 10.4. The zero-order valence-electron chi connectivity index (χ0n) is 19.7. The molecule has 0 aliphatic carbocycles. The summed E-state index contributed by atoms with van der Waals surface area (Å²) in [5, 5.41) is 10.3. The molecule has 2 N–H and O–H groups in total. The lowest BCUT2D eigenvalue weighted by atomic mass is 10.1. The van der Waals surface area contributed by atoms with E-state index < -0.39 is 6.04 Å². The van der Waals surface area contributed by atoms with Crippen LogP contribution in [0.5, 0.6) is 0 Å². The van der Waals surface area contributed by atoms with E-state index in [0.717, 1.165) is 22.5 Å². The Kier molecular flexibility index (Phi) is 6.72. The van der Waals surface area contributed by atoms with Gasteiger partial charge >= 0.3 is 0 Å². The van der Waals surface area contributed by atoms with E-state index in [1.165, 1.54) is 0 Å². The summed E-state index contributed by atoms with van der Waals surface area (Å²) in [6.45, 7) is 2.84. The minimum atomic E-state index is -0.654. The molecule has 2 amide bonds. The normalized spacial score (nSPS) is 14.4. The number of aromatic nitrogens is 2. The fourth-order valence-corrected chi connectivity index (χ4v) is 4.01. The van der Waals surface area contributed by atoms with Gasteiger partial charge < -0.3 is 24.8 Å². The van der Waals surface area contributed by atoms with E-state index in [9.17, 15) is 9.59 Å². The Labute approximate surface area is 208 Å². The van der Waals surface area contributed by atoms with Crippen LogP contribution >= 0.6 is 0 Å². The number of hydrogen-bond donors (Lipinski definition) is 2. The van der Waals surface area contributed by atoms with Gasteiger partial charge in [0.05, 0.1) is 6.61 Å². The molecule has 1 unspecified atom stereocenters. The number of carbonyl (C=O) groups is 2. The molecule has 4 aromatic rings. The Hall–Kier alpha value is -4.50. The molecular weight excluding hydrogens is 458 g/mol. The van der Waals surface area contributed by atoms with E-state index >= 15 is 0 Å². The standard InChI is InChI=1S/C27H25N5O4/c1-18-28-26(31-36-18)20-8-5-9-22(16-20)30-27(34)25(19-6-3-2-4-7-19)29-21-10-12-23(13-11-21)32-14-15-35-17-24(32)33/h2-13,16,25,29H,14-15,17H2,1H3,(H,30,34). The van der Waals surface area contributed by atoms with Crippen LogP contribution in [-0.4, -0.2) is 41.7 Å². The van der Waals surface area contributed by atoms with Crippen molar-refractivity contribution in [3.8, 4) is 11.4 Å². The third-order valence-corrected chi connectivity index (χ3v) is 5.79. The first-order valence-corrected chi connectivity index (χ1v) is 11.6. The molecule has 1 aliphatic heterocycles. The Morgan fingerprint density at radius 3 is 2.53 bits per heavy atom. The van der Waals surface area contributed by atoms with Crippen LogP contribution in [0.25, 0.3) is 11.4 Å². The van der Waals surface area contributed by atoms with Crippen molar-refractivity contribution < 1.29 is 18.8 Å². The second-order valence-corrected chi connectivity index (χ2v) is 8.34. The highest BCUT2D eigenvalue weighted by Crippen LogP contribution is 2.26. The molecule has 1 fully saturated rings. The van der Waals surface area contributed by atoms with Gasteiger partial charge in [0.25, 0.3) is 11.8 Å². The van der Waals surface area contributed by atoms with E-state index in [0.29, 0.717) is 30.6 Å². The van der Waals surface area contributed by atoms with E-state index in [2.05, 4.69) is 20.8 Å². The van der Waals surface area contributed by atoms with Crippen LogP contribution < -0.4 is 15.5 Å². The minimum absolute atomic E-state index is 0.0679. The quantitative estimate of drug-likeness (QED) is 0.405. The summed E-state index contributed by atoms with van der Waals surface area (Å²) in [6, 6.07) is 23.6. The van der Waals surface area contributed by atoms with Gasteiger partial charge in [-0.05, 0) is 42.0 Å². The molecule has 0 bridgehead atoms. The van der Waals surface area contributed by atoms with Gasteiger partial charge in [-0.25, -0.2) is 0 Å². The zero-order chi connectivity index (χ0) is 24.9. The summed E-state index contributed by atoms with van der Waals surface area (Å²) in [6.07, 6.45) is 0. The summed E-state index contributed by atoms with van der Waals surface area (Å²) in [5.74, 6) is 0.633. The number of morpholine rings is 1. The summed E-state index contributed by atoms with van der Waals surface area (Å²) in [5.41, 5.74) is 3.71. The number of aryl methyl sites for hydroxylation is 1. The van der Waals surface area contributed by atoms with Crippen molar-refractivity contribution in [2.75, 3.05) is 35.3 Å². The molecular formula is C27H25N5O4. The number of rotatable bonds is 7. The molecule has 1 aromatic heterocycles. The number of hydrogen-bond acceptors (Lipinski definition) is 7. The number of nitrogens with one attached hydrogen (secondary N) is 2. The first-order chi connectivity index (χ1) is 17.6. The minimum Gasteiger partial charge on any atom is -0.370 e. The topological polar surface area (TPSA) is 110 Å². The lowest BCUT2D eigenvalue weighted by Crippen LogP contribution is -2.41. The third kappa shape index (κ3) is 5.26. The third-order valence-electron chi connectivity index (χ3n) is 5.79. The van der Waals surface area contributed by atoms with Gasteiger partial charge in [0, 0.05) is 36.1 Å². The molecule has 1 atom stereocenters. The van der Waals surface area contributed by atoms with Crippen molar-refractivity contribution in [3.63, 3.8) is 0 Å². The predicted octanol–water partition coefficient (Wildman–Crippen LogP) is 4.20. The Bertz CT molecular complexity index is 1350. The number of carbonyl (C=O) groups excluding carboxylic acids is 2. The maximum Gasteiger partial charge on any atom is 0.253 e. The number of anilines is 3. The zero-order valence-corrected chi connectivity index (χ0v) is 19.7. The number of ether oxygens (including phenoxy) is 1. The fraction of sp³-hybridized carbons (Fsp3) is 0.185. The van der Waals surface area contributed by atoms with Crippen LogP contribution in [0.4, 0.5) is 17.1 Å². The van der Waals surface area contributed by atoms with Crippen molar-refractivity contribution in [3.05, 3.63) is 90.3 Å². The van der Waals surface area contributed by atoms with Crippen LogP contribution in [0.3, 0.4) is 0 Å². The second-order valence-electron chi connectivity index (χ2n) is 8.34. The van der Waals surface area contributed by atoms with Gasteiger partial charge in [0.15, 0.2) is 0 Å². The smallest absolute Gasteiger partial charge is 0.253 e. The average molecular weight is 484 g/mol. The van der Waals surface area contributed by atoms with E-state index in [1.807, 2.05) is 72.8 Å². The predicted molar refractivity (Wildman–Crippen MR) is 136 cm³/mol. The Morgan fingerprint density at radius 1 is 1.00 bits per heavy atom. The number of benzene rings is 3. The molecule has 3 aromatic carbocycles. The number of amides is 2. The molecule has 0 saturated carbocycles. The highest BCUT2D eigenvalue weighted by atomic mass is 16.5. The molecule has 9 heteroatoms. The molecule has 0 spiro atoms. The monoisotopic (exact) mass is 483 g/mol. The molecule has 5 rings (SSSR count). The van der Waals surface area contributed by atoms with Crippen molar-refractivity contribution in [1.82, 2.24) is 10.1 Å². The molecule has 36 heavy (non-hydrogen) atoms. The van der Waals surface area contributed by atoms with Crippen LogP contribution in [0.15, 0.2) is 83.4 Å². The van der Waals surface area contributed by atoms with Gasteiger partial charge in [0.1, 0.15) is 12.6 Å². The summed E-state index contributed by atoms with van der Waals surface area (Å²) < 4.78 is 10.3. The molecule has 9 nitrogen and oxygen atoms in total. The van der Waals surface area contributed by atoms with Crippen LogP contribution in [0, 0.1) is 6.92 Å². The van der Waals surface area contributed by atoms with E-state index in [4.69, 9.17) is 9.26 Å². The Morgan fingerprint density at radius 2 is 1.81 bits per heavy atom. The highest BCUT2D eigenvalue weighted by molar-refractivity contribution is 5.98. The van der Waals surface area contributed by atoms with E-state index in [1.54, 1.807) is 17.9 Å². The van der Waals surface area contributed by atoms with Crippen molar-refractivity contribution in [2.45, 2.75) is 13.0 Å². The summed E-state index contributed by atoms with van der Waals surface area (Å²) in [7, 11) is 0. The van der Waals surface area contributed by atoms with Crippen molar-refractivity contribution in [1.29, 1.82) is 0 Å². The average Bonchev–Trinajstić information content (AvgIpc) is 3.35. The van der Waals surface area contributed by atoms with Crippen LogP contribution in [0.1, 0.15) is 17.5 Å². The van der Waals surface area contributed by atoms with Crippen LogP contribution in [-0.2, 0) is 14.3 Å². The molecule has 1 aliphatic rings. The van der Waals surface area contributed by atoms with Crippen LogP contribution in [0.2, 0.25) is 0 Å². The van der Waals surface area contributed by atoms with Gasteiger partial charge in [-0.15, -0.1) is 0 Å².